The number of thiocarbonyl (C=S) groups is 1. The Morgan fingerprint density at radius 1 is 1.16 bits per heavy atom. The van der Waals surface area contributed by atoms with Crippen LogP contribution in [0, 0.1) is 11.6 Å². The number of aromatic nitrogens is 1. The Bertz CT molecular complexity index is 1250. The number of thioether (sulfide) groups is 1. The van der Waals surface area contributed by atoms with Crippen molar-refractivity contribution in [1.29, 1.82) is 0 Å². The second-order valence-corrected chi connectivity index (χ2v) is 9.01. The van der Waals surface area contributed by atoms with Crippen molar-refractivity contribution in [3.05, 3.63) is 76.3 Å². The SMILES string of the molecule is O=C(O)CCCN1C(=O)/C(=C\c2cn(Cc3cc(F)cc(F)c3)c3ccccc23)SC1=S. The number of carbonyl (C=O) groups is 2. The molecular formula is C23H18F2N2O3S2. The third-order valence-corrected chi connectivity index (χ3v) is 6.40. The lowest BCUT2D eigenvalue weighted by atomic mass is 10.1. The number of carboxylic acids is 1. The van der Waals surface area contributed by atoms with E-state index in [1.807, 2.05) is 35.0 Å². The number of halogens is 2. The molecular weight excluding hydrogens is 454 g/mol. The Labute approximate surface area is 192 Å². The van der Waals surface area contributed by atoms with Crippen LogP contribution in [0.3, 0.4) is 0 Å². The number of para-hydroxylation sites is 1. The van der Waals surface area contributed by atoms with E-state index in [1.54, 1.807) is 6.08 Å². The molecule has 1 aromatic heterocycles. The molecule has 1 amide bonds. The van der Waals surface area contributed by atoms with Crippen LogP contribution in [0.4, 0.5) is 8.78 Å². The van der Waals surface area contributed by atoms with Crippen LogP contribution in [0.25, 0.3) is 17.0 Å². The van der Waals surface area contributed by atoms with E-state index in [0.29, 0.717) is 21.2 Å². The highest BCUT2D eigenvalue weighted by molar-refractivity contribution is 8.26. The number of hydrogen-bond acceptors (Lipinski definition) is 4. The van der Waals surface area contributed by atoms with Crippen molar-refractivity contribution in [2.24, 2.45) is 0 Å². The minimum Gasteiger partial charge on any atom is -0.481 e. The predicted octanol–water partition coefficient (Wildman–Crippen LogP) is 5.03. The van der Waals surface area contributed by atoms with E-state index < -0.39 is 17.6 Å². The molecule has 1 fully saturated rings. The van der Waals surface area contributed by atoms with E-state index in [0.717, 1.165) is 22.5 Å². The van der Waals surface area contributed by atoms with Crippen molar-refractivity contribution < 1.29 is 23.5 Å². The minimum absolute atomic E-state index is 0.0374. The highest BCUT2D eigenvalue weighted by Gasteiger charge is 2.31. The first-order chi connectivity index (χ1) is 15.3. The van der Waals surface area contributed by atoms with Gasteiger partial charge in [0.2, 0.25) is 0 Å². The number of aliphatic carboxylic acids is 1. The first-order valence-corrected chi connectivity index (χ1v) is 11.0. The highest BCUT2D eigenvalue weighted by Crippen LogP contribution is 2.34. The summed E-state index contributed by atoms with van der Waals surface area (Å²) < 4.78 is 29.5. The first-order valence-electron chi connectivity index (χ1n) is 9.82. The lowest BCUT2D eigenvalue weighted by Gasteiger charge is -2.13. The van der Waals surface area contributed by atoms with E-state index in [9.17, 15) is 18.4 Å². The molecule has 1 saturated heterocycles. The van der Waals surface area contributed by atoms with Crippen molar-refractivity contribution in [2.45, 2.75) is 19.4 Å². The summed E-state index contributed by atoms with van der Waals surface area (Å²) in [5.74, 6) is -2.45. The van der Waals surface area contributed by atoms with E-state index in [-0.39, 0.29) is 25.4 Å². The summed E-state index contributed by atoms with van der Waals surface area (Å²) in [4.78, 5) is 25.4. The quantitative estimate of drug-likeness (QED) is 0.386. The molecule has 2 heterocycles. The Hall–Kier alpha value is -3.04. The van der Waals surface area contributed by atoms with Gasteiger partial charge in [-0.2, -0.15) is 0 Å². The zero-order valence-electron chi connectivity index (χ0n) is 16.8. The number of carboxylic acid groups (broad SMARTS) is 1. The molecule has 0 atom stereocenters. The number of hydrogen-bond donors (Lipinski definition) is 1. The van der Waals surface area contributed by atoms with Crippen LogP contribution in [-0.2, 0) is 16.1 Å². The molecule has 0 aliphatic carbocycles. The number of nitrogens with zero attached hydrogens (tertiary/aromatic N) is 2. The van der Waals surface area contributed by atoms with Crippen LogP contribution >= 0.6 is 24.0 Å². The molecule has 1 aliphatic heterocycles. The van der Waals surface area contributed by atoms with Gasteiger partial charge in [-0.3, -0.25) is 14.5 Å². The molecule has 0 spiro atoms. The number of carbonyl (C=O) groups excluding carboxylic acids is 1. The van der Waals surface area contributed by atoms with Gasteiger partial charge in [0, 0.05) is 48.2 Å². The Balaban J connectivity index is 1.64. The van der Waals surface area contributed by atoms with Gasteiger partial charge in [0.15, 0.2) is 0 Å². The fourth-order valence-corrected chi connectivity index (χ4v) is 4.94. The summed E-state index contributed by atoms with van der Waals surface area (Å²) in [5.41, 5.74) is 2.13. The van der Waals surface area contributed by atoms with Crippen LogP contribution in [-0.4, -0.2) is 37.3 Å². The maximum atomic E-state index is 13.6. The van der Waals surface area contributed by atoms with Gasteiger partial charge in [0.1, 0.15) is 16.0 Å². The molecule has 1 N–H and O–H groups in total. The Kier molecular flexibility index (Phi) is 6.38. The summed E-state index contributed by atoms with van der Waals surface area (Å²) in [5, 5.41) is 9.70. The molecule has 1 aliphatic rings. The van der Waals surface area contributed by atoms with E-state index in [4.69, 9.17) is 17.3 Å². The maximum Gasteiger partial charge on any atom is 0.303 e. The largest absolute Gasteiger partial charge is 0.481 e. The van der Waals surface area contributed by atoms with Crippen LogP contribution in [0.15, 0.2) is 53.6 Å². The lowest BCUT2D eigenvalue weighted by molar-refractivity contribution is -0.137. The fourth-order valence-electron chi connectivity index (χ4n) is 3.64. The number of fused-ring (bicyclic) bond motifs is 1. The molecule has 0 bridgehead atoms. The normalized spacial score (nSPS) is 15.3. The van der Waals surface area contributed by atoms with Gasteiger partial charge in [0.05, 0.1) is 4.91 Å². The molecule has 3 aromatic rings. The summed E-state index contributed by atoms with van der Waals surface area (Å²) in [7, 11) is 0. The third kappa shape index (κ3) is 4.73. The van der Waals surface area contributed by atoms with Crippen molar-refractivity contribution in [3.8, 4) is 0 Å². The maximum absolute atomic E-state index is 13.6. The second kappa shape index (κ2) is 9.22. The average molecular weight is 473 g/mol. The van der Waals surface area contributed by atoms with E-state index in [1.165, 1.54) is 28.8 Å². The first kappa shape index (κ1) is 22.2. The lowest BCUT2D eigenvalue weighted by Crippen LogP contribution is -2.29. The second-order valence-electron chi connectivity index (χ2n) is 7.34. The highest BCUT2D eigenvalue weighted by atomic mass is 32.2. The standard InChI is InChI=1S/C23H18F2N2O3S2/c24-16-8-14(9-17(25)11-16)12-26-13-15(18-4-1-2-5-19(18)26)10-20-22(30)27(23(31)32-20)7-3-6-21(28)29/h1-2,4-5,8-11,13H,3,6-7,12H2,(H,28,29)/b20-10+. The van der Waals surface area contributed by atoms with E-state index >= 15 is 0 Å². The molecule has 9 heteroatoms. The Morgan fingerprint density at radius 2 is 1.88 bits per heavy atom. The number of benzene rings is 2. The van der Waals surface area contributed by atoms with Crippen molar-refractivity contribution in [3.63, 3.8) is 0 Å². The third-order valence-electron chi connectivity index (χ3n) is 5.03. The van der Waals surface area contributed by atoms with Gasteiger partial charge in [-0.15, -0.1) is 0 Å². The molecule has 2 aromatic carbocycles. The van der Waals surface area contributed by atoms with Gasteiger partial charge >= 0.3 is 5.97 Å². The number of rotatable bonds is 7. The molecule has 0 saturated carbocycles. The van der Waals surface area contributed by atoms with E-state index in [2.05, 4.69) is 0 Å². The minimum atomic E-state index is -0.919. The molecule has 4 rings (SSSR count). The summed E-state index contributed by atoms with van der Waals surface area (Å²) in [6.07, 6.45) is 3.87. The van der Waals surface area contributed by atoms with Gasteiger partial charge in [-0.25, -0.2) is 8.78 Å². The molecule has 0 unspecified atom stereocenters. The summed E-state index contributed by atoms with van der Waals surface area (Å²) in [6, 6.07) is 11.0. The topological polar surface area (TPSA) is 62.5 Å². The molecule has 164 valence electrons. The van der Waals surface area contributed by atoms with Crippen molar-refractivity contribution >= 4 is 57.2 Å². The van der Waals surface area contributed by atoms with Gasteiger partial charge < -0.3 is 9.67 Å². The zero-order chi connectivity index (χ0) is 22.8. The molecule has 0 radical (unpaired) electrons. The van der Waals surface area contributed by atoms with Gasteiger partial charge in [0.25, 0.3) is 5.91 Å². The van der Waals surface area contributed by atoms with Gasteiger partial charge in [-0.1, -0.05) is 42.2 Å². The van der Waals surface area contributed by atoms with Crippen LogP contribution in [0.2, 0.25) is 0 Å². The zero-order valence-corrected chi connectivity index (χ0v) is 18.4. The monoisotopic (exact) mass is 472 g/mol. The summed E-state index contributed by atoms with van der Waals surface area (Å²) in [6.45, 7) is 0.514. The molecule has 32 heavy (non-hydrogen) atoms. The van der Waals surface area contributed by atoms with Crippen LogP contribution < -0.4 is 0 Å². The van der Waals surface area contributed by atoms with Crippen LogP contribution in [0.1, 0.15) is 24.0 Å². The van der Waals surface area contributed by atoms with Crippen molar-refractivity contribution in [2.75, 3.05) is 6.54 Å². The predicted molar refractivity (Wildman–Crippen MR) is 124 cm³/mol. The Morgan fingerprint density at radius 3 is 2.59 bits per heavy atom. The van der Waals surface area contributed by atoms with Crippen molar-refractivity contribution in [1.82, 2.24) is 9.47 Å². The molecule has 5 nitrogen and oxygen atoms in total. The average Bonchev–Trinajstić information content (AvgIpc) is 3.19. The number of amides is 1. The smallest absolute Gasteiger partial charge is 0.303 e. The fraction of sp³-hybridized carbons (Fsp3) is 0.174. The summed E-state index contributed by atoms with van der Waals surface area (Å²) >= 11 is 6.48. The van der Waals surface area contributed by atoms with Crippen LogP contribution in [0.5, 0.6) is 0 Å². The van der Waals surface area contributed by atoms with Gasteiger partial charge in [-0.05, 0) is 36.3 Å².